The van der Waals surface area contributed by atoms with Gasteiger partial charge in [0.05, 0.1) is 9.40 Å². The molecule has 5 nitrogen and oxygen atoms in total. The van der Waals surface area contributed by atoms with E-state index in [9.17, 15) is 10.1 Å². The van der Waals surface area contributed by atoms with Gasteiger partial charge >= 0.3 is 0 Å². The minimum absolute atomic E-state index is 0.0901. The molecule has 6 heteroatoms. The highest BCUT2D eigenvalue weighted by molar-refractivity contribution is 9.10. The van der Waals surface area contributed by atoms with Crippen LogP contribution < -0.4 is 5.73 Å². The fourth-order valence-corrected chi connectivity index (χ4v) is 1.21. The quantitative estimate of drug-likeness (QED) is 0.358. The van der Waals surface area contributed by atoms with Crippen LogP contribution >= 0.6 is 15.9 Å². The van der Waals surface area contributed by atoms with Crippen molar-refractivity contribution in [3.63, 3.8) is 0 Å². The third-order valence-corrected chi connectivity index (χ3v) is 2.12. The third kappa shape index (κ3) is 2.03. The average Bonchev–Trinajstić information content (AvgIpc) is 2.04. The molecule has 3 N–H and O–H groups in total. The lowest BCUT2D eigenvalue weighted by Gasteiger charge is -1.99. The van der Waals surface area contributed by atoms with Crippen LogP contribution in [0.5, 0.6) is 0 Å². The van der Waals surface area contributed by atoms with Crippen molar-refractivity contribution in [2.45, 2.75) is 0 Å². The van der Waals surface area contributed by atoms with Crippen LogP contribution in [0.3, 0.4) is 0 Å². The molecule has 0 radical (unpaired) electrons. The number of hydrogen-bond donors (Lipinski definition) is 2. The van der Waals surface area contributed by atoms with Gasteiger partial charge in [-0.2, -0.15) is 0 Å². The molecule has 0 atom stereocenters. The van der Waals surface area contributed by atoms with Crippen molar-refractivity contribution in [3.8, 4) is 0 Å². The van der Waals surface area contributed by atoms with E-state index < -0.39 is 4.92 Å². The number of rotatable bonds is 2. The first kappa shape index (κ1) is 9.66. The summed E-state index contributed by atoms with van der Waals surface area (Å²) in [5.41, 5.74) is 5.43. The predicted molar refractivity (Wildman–Crippen MR) is 51.8 cm³/mol. The van der Waals surface area contributed by atoms with Crippen LogP contribution in [0.15, 0.2) is 22.7 Å². The predicted octanol–water partition coefficient (Wildman–Crippen LogP) is 1.64. The van der Waals surface area contributed by atoms with Crippen LogP contribution in [0, 0.1) is 15.5 Å². The van der Waals surface area contributed by atoms with Crippen LogP contribution in [0.4, 0.5) is 5.69 Å². The summed E-state index contributed by atoms with van der Waals surface area (Å²) in [4.78, 5) is 9.93. The fraction of sp³-hybridized carbons (Fsp3) is 0. The molecular formula is C7H6BrN3O2. The monoisotopic (exact) mass is 243 g/mol. The molecule has 0 aliphatic rings. The van der Waals surface area contributed by atoms with Gasteiger partial charge in [0, 0.05) is 11.6 Å². The topological polar surface area (TPSA) is 93.0 Å². The normalized spacial score (nSPS) is 9.62. The summed E-state index contributed by atoms with van der Waals surface area (Å²) in [7, 11) is 0. The van der Waals surface area contributed by atoms with Crippen LogP contribution in [-0.4, -0.2) is 10.8 Å². The van der Waals surface area contributed by atoms with E-state index in [2.05, 4.69) is 15.9 Å². The van der Waals surface area contributed by atoms with Crippen LogP contribution in [-0.2, 0) is 0 Å². The standard InChI is InChI=1S/C7H6BrN3O2/c8-5-2-1-4(7(9)10)3-6(5)11(12)13/h1-3H,(H3,9,10). The van der Waals surface area contributed by atoms with Crippen LogP contribution in [0.25, 0.3) is 0 Å². The van der Waals surface area contributed by atoms with Crippen molar-refractivity contribution in [2.24, 2.45) is 5.73 Å². The molecule has 0 saturated carbocycles. The zero-order valence-corrected chi connectivity index (χ0v) is 8.04. The van der Waals surface area contributed by atoms with E-state index in [0.717, 1.165) is 0 Å². The van der Waals surface area contributed by atoms with Crippen molar-refractivity contribution in [3.05, 3.63) is 38.3 Å². The van der Waals surface area contributed by atoms with Crippen molar-refractivity contribution in [1.29, 1.82) is 5.41 Å². The van der Waals surface area contributed by atoms with Gasteiger partial charge in [-0.15, -0.1) is 0 Å². The van der Waals surface area contributed by atoms with Gasteiger partial charge in [-0.05, 0) is 28.1 Å². The average molecular weight is 244 g/mol. The number of nitro benzene ring substituents is 1. The molecular weight excluding hydrogens is 238 g/mol. The van der Waals surface area contributed by atoms with E-state index in [1.54, 1.807) is 6.07 Å². The molecule has 0 heterocycles. The van der Waals surface area contributed by atoms with Gasteiger partial charge in [0.25, 0.3) is 5.69 Å². The first-order chi connectivity index (χ1) is 6.02. The highest BCUT2D eigenvalue weighted by Crippen LogP contribution is 2.25. The molecule has 0 amide bonds. The molecule has 0 saturated heterocycles. The fourth-order valence-electron chi connectivity index (χ4n) is 0.820. The smallest absolute Gasteiger partial charge is 0.284 e. The minimum atomic E-state index is -0.531. The Hall–Kier alpha value is -1.43. The molecule has 0 unspecified atom stereocenters. The first-order valence-electron chi connectivity index (χ1n) is 3.30. The Bertz CT molecular complexity index is 378. The summed E-state index contributed by atoms with van der Waals surface area (Å²) in [6.45, 7) is 0. The SMILES string of the molecule is N=C(N)c1ccc(Br)c([N+](=O)[O-])c1. The lowest BCUT2D eigenvalue weighted by atomic mass is 10.2. The van der Waals surface area contributed by atoms with E-state index >= 15 is 0 Å². The van der Waals surface area contributed by atoms with Crippen molar-refractivity contribution >= 4 is 27.5 Å². The molecule has 1 aromatic rings. The number of nitrogens with one attached hydrogen (secondary N) is 1. The molecule has 1 rings (SSSR count). The maximum atomic E-state index is 10.5. The zero-order chi connectivity index (χ0) is 10.0. The molecule has 0 bridgehead atoms. The van der Waals surface area contributed by atoms with Crippen molar-refractivity contribution in [2.75, 3.05) is 0 Å². The lowest BCUT2D eigenvalue weighted by molar-refractivity contribution is -0.385. The summed E-state index contributed by atoms with van der Waals surface area (Å²) in [6.07, 6.45) is 0. The van der Waals surface area contributed by atoms with Gasteiger partial charge in [-0.3, -0.25) is 15.5 Å². The summed E-state index contributed by atoms with van der Waals surface area (Å²) in [5.74, 6) is -0.185. The second kappa shape index (κ2) is 3.53. The molecule has 0 aliphatic heterocycles. The molecule has 0 spiro atoms. The Kier molecular flexibility index (Phi) is 2.62. The van der Waals surface area contributed by atoms with Gasteiger partial charge in [0.1, 0.15) is 5.84 Å². The Labute approximate surface area is 82.3 Å². The number of benzene rings is 1. The van der Waals surface area contributed by atoms with Crippen molar-refractivity contribution < 1.29 is 4.92 Å². The number of nitrogen functional groups attached to an aromatic ring is 1. The van der Waals surface area contributed by atoms with Gasteiger partial charge in [-0.1, -0.05) is 0 Å². The van der Waals surface area contributed by atoms with Gasteiger partial charge in [0.15, 0.2) is 0 Å². The summed E-state index contributed by atoms with van der Waals surface area (Å²) in [5, 5.41) is 17.5. The van der Waals surface area contributed by atoms with E-state index in [-0.39, 0.29) is 11.5 Å². The highest BCUT2D eigenvalue weighted by Gasteiger charge is 2.12. The Morgan fingerprint density at radius 3 is 2.69 bits per heavy atom. The van der Waals surface area contributed by atoms with Gasteiger partial charge in [-0.25, -0.2) is 0 Å². The molecule has 0 aromatic heterocycles. The van der Waals surface area contributed by atoms with Crippen molar-refractivity contribution in [1.82, 2.24) is 0 Å². The summed E-state index contributed by atoms with van der Waals surface area (Å²) in [6, 6.07) is 4.29. The molecule has 1 aromatic carbocycles. The second-order valence-electron chi connectivity index (χ2n) is 2.34. The zero-order valence-electron chi connectivity index (χ0n) is 6.45. The molecule has 13 heavy (non-hydrogen) atoms. The first-order valence-corrected chi connectivity index (χ1v) is 4.10. The Balaban J connectivity index is 3.27. The van der Waals surface area contributed by atoms with E-state index in [1.807, 2.05) is 0 Å². The van der Waals surface area contributed by atoms with Gasteiger partial charge in [0.2, 0.25) is 0 Å². The van der Waals surface area contributed by atoms with Crippen LogP contribution in [0.2, 0.25) is 0 Å². The summed E-state index contributed by atoms with van der Waals surface area (Å²) < 4.78 is 0.377. The third-order valence-electron chi connectivity index (χ3n) is 1.45. The number of amidine groups is 1. The maximum absolute atomic E-state index is 10.5. The van der Waals surface area contributed by atoms with Gasteiger partial charge < -0.3 is 5.73 Å². The molecule has 0 aliphatic carbocycles. The lowest BCUT2D eigenvalue weighted by Crippen LogP contribution is -2.11. The number of halogens is 1. The second-order valence-corrected chi connectivity index (χ2v) is 3.19. The number of nitrogens with two attached hydrogens (primary N) is 1. The Morgan fingerprint density at radius 2 is 2.23 bits per heavy atom. The largest absolute Gasteiger partial charge is 0.384 e. The minimum Gasteiger partial charge on any atom is -0.384 e. The molecule has 68 valence electrons. The van der Waals surface area contributed by atoms with E-state index in [0.29, 0.717) is 10.0 Å². The number of hydrogen-bond acceptors (Lipinski definition) is 3. The number of nitro groups is 1. The highest BCUT2D eigenvalue weighted by atomic mass is 79.9. The summed E-state index contributed by atoms with van der Waals surface area (Å²) >= 11 is 3.03. The number of nitrogens with zero attached hydrogens (tertiary/aromatic N) is 1. The van der Waals surface area contributed by atoms with E-state index in [1.165, 1.54) is 12.1 Å². The Morgan fingerprint density at radius 1 is 1.62 bits per heavy atom. The van der Waals surface area contributed by atoms with E-state index in [4.69, 9.17) is 11.1 Å². The molecule has 0 fully saturated rings. The van der Waals surface area contributed by atoms with Crippen LogP contribution in [0.1, 0.15) is 5.56 Å². The maximum Gasteiger partial charge on any atom is 0.284 e.